The number of aromatic nitrogens is 4. The Hall–Kier alpha value is -3.36. The standard InChI is InChI=1S/C19H23N5O4/c1-3-4-10-28-19-22-16(20)15-17(23-19)24(12-21-15)9-11-27-14-7-5-13(6-8-14)18(25)26-2/h5-8,12H,3-4,9-11H2,1-2H3,(H2,20,22,23). The molecule has 0 fully saturated rings. The number of esters is 1. The Labute approximate surface area is 162 Å². The minimum absolute atomic E-state index is 0.250. The van der Waals surface area contributed by atoms with Crippen LogP contribution < -0.4 is 15.2 Å². The lowest BCUT2D eigenvalue weighted by molar-refractivity contribution is 0.0600. The highest BCUT2D eigenvalue weighted by molar-refractivity contribution is 5.89. The number of hydrogen-bond donors (Lipinski definition) is 1. The molecule has 2 aromatic heterocycles. The number of benzene rings is 1. The zero-order valence-electron chi connectivity index (χ0n) is 15.9. The van der Waals surface area contributed by atoms with E-state index in [1.54, 1.807) is 30.6 Å². The van der Waals surface area contributed by atoms with Crippen LogP contribution in [0.2, 0.25) is 0 Å². The highest BCUT2D eigenvalue weighted by Crippen LogP contribution is 2.20. The molecule has 0 spiro atoms. The van der Waals surface area contributed by atoms with Gasteiger partial charge in [0.25, 0.3) is 0 Å². The van der Waals surface area contributed by atoms with E-state index in [1.165, 1.54) is 7.11 Å². The van der Waals surface area contributed by atoms with Crippen LogP contribution in [0, 0.1) is 0 Å². The van der Waals surface area contributed by atoms with E-state index in [-0.39, 0.29) is 17.8 Å². The van der Waals surface area contributed by atoms with Gasteiger partial charge >= 0.3 is 12.0 Å². The number of imidazole rings is 1. The van der Waals surface area contributed by atoms with Crippen LogP contribution in [0.4, 0.5) is 5.82 Å². The molecule has 9 nitrogen and oxygen atoms in total. The Kier molecular flexibility index (Phi) is 6.25. The second kappa shape index (κ2) is 9.03. The summed E-state index contributed by atoms with van der Waals surface area (Å²) in [6.45, 7) is 3.53. The number of methoxy groups -OCH3 is 1. The first-order chi connectivity index (χ1) is 13.6. The molecule has 9 heteroatoms. The lowest BCUT2D eigenvalue weighted by Crippen LogP contribution is -2.09. The molecule has 0 saturated carbocycles. The maximum atomic E-state index is 11.5. The Balaban J connectivity index is 1.64. The molecule has 148 valence electrons. The number of fused-ring (bicyclic) bond motifs is 1. The number of nitrogens with two attached hydrogens (primary N) is 1. The molecule has 0 aliphatic rings. The SMILES string of the molecule is CCCCOc1nc(N)c2ncn(CCOc3ccc(C(=O)OC)cc3)c2n1. The van der Waals surface area contributed by atoms with E-state index in [0.717, 1.165) is 12.8 Å². The largest absolute Gasteiger partial charge is 0.492 e. The van der Waals surface area contributed by atoms with Crippen LogP contribution in [-0.4, -0.2) is 45.8 Å². The maximum absolute atomic E-state index is 11.5. The van der Waals surface area contributed by atoms with Crippen LogP contribution in [-0.2, 0) is 11.3 Å². The third kappa shape index (κ3) is 4.48. The average molecular weight is 385 g/mol. The number of ether oxygens (including phenoxy) is 3. The normalized spacial score (nSPS) is 10.8. The number of carbonyl (C=O) groups excluding carboxylic acids is 1. The molecule has 0 atom stereocenters. The predicted molar refractivity (Wildman–Crippen MR) is 103 cm³/mol. The summed E-state index contributed by atoms with van der Waals surface area (Å²) < 4.78 is 17.8. The van der Waals surface area contributed by atoms with Crippen LogP contribution in [0.5, 0.6) is 11.8 Å². The van der Waals surface area contributed by atoms with E-state index >= 15 is 0 Å². The van der Waals surface area contributed by atoms with Gasteiger partial charge in [0, 0.05) is 0 Å². The van der Waals surface area contributed by atoms with Gasteiger partial charge < -0.3 is 24.5 Å². The van der Waals surface area contributed by atoms with Gasteiger partial charge in [-0.05, 0) is 30.7 Å². The van der Waals surface area contributed by atoms with E-state index < -0.39 is 0 Å². The first kappa shape index (κ1) is 19.4. The topological polar surface area (TPSA) is 114 Å². The van der Waals surface area contributed by atoms with Gasteiger partial charge in [-0.2, -0.15) is 9.97 Å². The highest BCUT2D eigenvalue weighted by Gasteiger charge is 2.12. The quantitative estimate of drug-likeness (QED) is 0.441. The molecule has 0 radical (unpaired) electrons. The summed E-state index contributed by atoms with van der Waals surface area (Å²) in [7, 11) is 1.35. The summed E-state index contributed by atoms with van der Waals surface area (Å²) in [5.74, 6) is 0.551. The van der Waals surface area contributed by atoms with Crippen molar-refractivity contribution in [2.75, 3.05) is 26.1 Å². The summed E-state index contributed by atoms with van der Waals surface area (Å²) in [5.41, 5.74) is 7.57. The molecule has 1 aromatic carbocycles. The van der Waals surface area contributed by atoms with Gasteiger partial charge in [-0.15, -0.1) is 0 Å². The molecular formula is C19H23N5O4. The minimum atomic E-state index is -0.384. The van der Waals surface area contributed by atoms with E-state index in [2.05, 4.69) is 26.6 Å². The molecule has 0 saturated heterocycles. The van der Waals surface area contributed by atoms with Crippen molar-refractivity contribution in [3.63, 3.8) is 0 Å². The van der Waals surface area contributed by atoms with Crippen LogP contribution in [0.1, 0.15) is 30.1 Å². The van der Waals surface area contributed by atoms with Crippen LogP contribution in [0.25, 0.3) is 11.2 Å². The smallest absolute Gasteiger partial charge is 0.337 e. The van der Waals surface area contributed by atoms with Crippen LogP contribution in [0.15, 0.2) is 30.6 Å². The van der Waals surface area contributed by atoms with Crippen molar-refractivity contribution in [1.29, 1.82) is 0 Å². The summed E-state index contributed by atoms with van der Waals surface area (Å²) in [6.07, 6.45) is 3.59. The van der Waals surface area contributed by atoms with Crippen molar-refractivity contribution in [1.82, 2.24) is 19.5 Å². The van der Waals surface area contributed by atoms with E-state index in [0.29, 0.717) is 42.2 Å². The highest BCUT2D eigenvalue weighted by atomic mass is 16.5. The number of carbonyl (C=O) groups is 1. The number of nitrogens with zero attached hydrogens (tertiary/aromatic N) is 4. The molecule has 0 bridgehead atoms. The van der Waals surface area contributed by atoms with E-state index in [4.69, 9.17) is 15.2 Å². The van der Waals surface area contributed by atoms with Crippen molar-refractivity contribution in [3.8, 4) is 11.8 Å². The second-order valence-electron chi connectivity index (χ2n) is 6.07. The Morgan fingerprint density at radius 2 is 1.93 bits per heavy atom. The van der Waals surface area contributed by atoms with Crippen molar-refractivity contribution in [2.45, 2.75) is 26.3 Å². The molecule has 2 N–H and O–H groups in total. The van der Waals surface area contributed by atoms with E-state index in [1.807, 2.05) is 4.57 Å². The first-order valence-electron chi connectivity index (χ1n) is 9.04. The third-order valence-corrected chi connectivity index (χ3v) is 4.08. The van der Waals surface area contributed by atoms with Crippen molar-refractivity contribution in [3.05, 3.63) is 36.2 Å². The molecular weight excluding hydrogens is 362 g/mol. The molecule has 2 heterocycles. The predicted octanol–water partition coefficient (Wildman–Crippen LogP) is 2.45. The van der Waals surface area contributed by atoms with Crippen molar-refractivity contribution in [2.24, 2.45) is 0 Å². The number of nitrogen functional groups attached to an aromatic ring is 1. The molecule has 28 heavy (non-hydrogen) atoms. The Morgan fingerprint density at radius 1 is 1.14 bits per heavy atom. The van der Waals surface area contributed by atoms with Gasteiger partial charge in [-0.3, -0.25) is 0 Å². The summed E-state index contributed by atoms with van der Waals surface area (Å²) >= 11 is 0. The molecule has 0 amide bonds. The van der Waals surface area contributed by atoms with Crippen molar-refractivity contribution < 1.29 is 19.0 Å². The monoisotopic (exact) mass is 385 g/mol. The summed E-state index contributed by atoms with van der Waals surface area (Å²) in [4.78, 5) is 24.3. The molecule has 3 aromatic rings. The van der Waals surface area contributed by atoms with E-state index in [9.17, 15) is 4.79 Å². The Morgan fingerprint density at radius 3 is 2.64 bits per heavy atom. The van der Waals surface area contributed by atoms with Gasteiger partial charge in [0.05, 0.1) is 32.2 Å². The minimum Gasteiger partial charge on any atom is -0.492 e. The van der Waals surface area contributed by atoms with Gasteiger partial charge in [0.1, 0.15) is 12.4 Å². The fourth-order valence-corrected chi connectivity index (χ4v) is 2.55. The number of anilines is 1. The zero-order valence-corrected chi connectivity index (χ0v) is 15.9. The van der Waals surface area contributed by atoms with Gasteiger partial charge in [-0.1, -0.05) is 13.3 Å². The summed E-state index contributed by atoms with van der Waals surface area (Å²) in [6, 6.07) is 7.00. The molecule has 3 rings (SSSR count). The Bertz CT molecular complexity index is 939. The third-order valence-electron chi connectivity index (χ3n) is 4.08. The summed E-state index contributed by atoms with van der Waals surface area (Å²) in [5, 5.41) is 0. The number of rotatable bonds is 9. The van der Waals surface area contributed by atoms with Gasteiger partial charge in [0.15, 0.2) is 17.0 Å². The fourth-order valence-electron chi connectivity index (χ4n) is 2.55. The molecule has 0 aliphatic carbocycles. The number of unbranched alkanes of at least 4 members (excludes halogenated alkanes) is 1. The van der Waals surface area contributed by atoms with Crippen LogP contribution >= 0.6 is 0 Å². The zero-order chi connectivity index (χ0) is 19.9. The second-order valence-corrected chi connectivity index (χ2v) is 6.07. The fraction of sp³-hybridized carbons (Fsp3) is 0.368. The van der Waals surface area contributed by atoms with Gasteiger partial charge in [-0.25, -0.2) is 9.78 Å². The van der Waals surface area contributed by atoms with Crippen molar-refractivity contribution >= 4 is 23.0 Å². The lowest BCUT2D eigenvalue weighted by Gasteiger charge is -2.09. The maximum Gasteiger partial charge on any atom is 0.337 e. The molecule has 0 aliphatic heterocycles. The first-order valence-corrected chi connectivity index (χ1v) is 9.04. The number of hydrogen-bond acceptors (Lipinski definition) is 8. The lowest BCUT2D eigenvalue weighted by atomic mass is 10.2. The molecule has 0 unspecified atom stereocenters. The van der Waals surface area contributed by atoms with Gasteiger partial charge in [0.2, 0.25) is 0 Å². The average Bonchev–Trinajstić information content (AvgIpc) is 3.12. The van der Waals surface area contributed by atoms with Crippen LogP contribution in [0.3, 0.4) is 0 Å².